The summed E-state index contributed by atoms with van der Waals surface area (Å²) in [6, 6.07) is 5.47. The van der Waals surface area contributed by atoms with Gasteiger partial charge >= 0.3 is 0 Å². The Morgan fingerprint density at radius 2 is 1.73 bits per heavy atom. The second-order valence-electron chi connectivity index (χ2n) is 6.87. The van der Waals surface area contributed by atoms with Gasteiger partial charge in [-0.05, 0) is 51.5 Å². The summed E-state index contributed by atoms with van der Waals surface area (Å²) in [5, 5.41) is 5.37. The van der Waals surface area contributed by atoms with E-state index in [2.05, 4.69) is 15.4 Å². The molecule has 1 rings (SSSR count). The number of benzene rings is 1. The van der Waals surface area contributed by atoms with Gasteiger partial charge in [-0.25, -0.2) is 13.1 Å². The van der Waals surface area contributed by atoms with Crippen LogP contribution in [0.4, 0.5) is 0 Å². The first-order valence-corrected chi connectivity index (χ1v) is 9.83. The third-order valence-corrected chi connectivity index (χ3v) is 4.76. The molecule has 0 aliphatic heterocycles. The largest absolute Gasteiger partial charge is 0.350 e. The number of amides is 2. The molecule has 0 spiro atoms. The molecule has 0 radical (unpaired) electrons. The molecule has 2 amide bonds. The van der Waals surface area contributed by atoms with Crippen LogP contribution in [0.25, 0.3) is 6.08 Å². The molecule has 0 bridgehead atoms. The lowest BCUT2D eigenvalue weighted by atomic mass is 10.1. The van der Waals surface area contributed by atoms with Crippen molar-refractivity contribution < 1.29 is 18.0 Å². The minimum Gasteiger partial charge on any atom is -0.350 e. The first-order valence-electron chi connectivity index (χ1n) is 8.35. The Morgan fingerprint density at radius 3 is 2.23 bits per heavy atom. The molecule has 1 aromatic rings. The Hall–Kier alpha value is -2.19. The predicted molar refractivity (Wildman–Crippen MR) is 102 cm³/mol. The van der Waals surface area contributed by atoms with Crippen LogP contribution in [0.1, 0.15) is 40.2 Å². The molecular formula is C18H27N3O4S. The Kier molecular flexibility index (Phi) is 7.53. The van der Waals surface area contributed by atoms with E-state index in [1.165, 1.54) is 18.2 Å². The third kappa shape index (κ3) is 7.37. The summed E-state index contributed by atoms with van der Waals surface area (Å²) in [6.45, 7) is 9.20. The van der Waals surface area contributed by atoms with Crippen LogP contribution < -0.4 is 15.4 Å². The highest BCUT2D eigenvalue weighted by atomic mass is 32.2. The molecule has 3 N–H and O–H groups in total. The summed E-state index contributed by atoms with van der Waals surface area (Å²) in [5.41, 5.74) is 0.295. The van der Waals surface area contributed by atoms with E-state index < -0.39 is 22.0 Å². The van der Waals surface area contributed by atoms with E-state index in [1.807, 2.05) is 20.8 Å². The molecule has 0 aliphatic carbocycles. The van der Waals surface area contributed by atoms with E-state index in [-0.39, 0.29) is 16.3 Å². The number of carbonyl (C=O) groups excluding carboxylic acids is 2. The minimum atomic E-state index is -3.50. The van der Waals surface area contributed by atoms with E-state index in [4.69, 9.17) is 0 Å². The van der Waals surface area contributed by atoms with E-state index in [0.717, 1.165) is 0 Å². The van der Waals surface area contributed by atoms with E-state index in [9.17, 15) is 18.0 Å². The van der Waals surface area contributed by atoms with Crippen molar-refractivity contribution in [1.29, 1.82) is 0 Å². The molecule has 0 aliphatic rings. The molecule has 7 nitrogen and oxygen atoms in total. The second kappa shape index (κ2) is 8.95. The molecule has 0 fully saturated rings. The summed E-state index contributed by atoms with van der Waals surface area (Å²) in [6.07, 6.45) is 2.85. The number of carbonyl (C=O) groups is 2. The number of hydrogen-bond acceptors (Lipinski definition) is 4. The molecule has 1 aromatic carbocycles. The summed E-state index contributed by atoms with van der Waals surface area (Å²) in [7, 11) is -3.50. The zero-order chi connectivity index (χ0) is 20.0. The second-order valence-corrected chi connectivity index (χ2v) is 8.64. The van der Waals surface area contributed by atoms with Gasteiger partial charge in [0.05, 0.1) is 4.90 Å². The molecule has 1 unspecified atom stereocenters. The Balaban J connectivity index is 2.67. The number of rotatable bonds is 7. The lowest BCUT2D eigenvalue weighted by molar-refractivity contribution is -0.127. The van der Waals surface area contributed by atoms with Crippen molar-refractivity contribution in [3.63, 3.8) is 0 Å². The lowest BCUT2D eigenvalue weighted by Gasteiger charge is -2.23. The minimum absolute atomic E-state index is 0.161. The molecule has 1 atom stereocenters. The van der Waals surface area contributed by atoms with Gasteiger partial charge in [0, 0.05) is 18.2 Å². The van der Waals surface area contributed by atoms with Gasteiger partial charge in [-0.1, -0.05) is 19.1 Å². The summed E-state index contributed by atoms with van der Waals surface area (Å²) < 4.78 is 26.1. The van der Waals surface area contributed by atoms with Crippen molar-refractivity contribution in [3.05, 3.63) is 35.9 Å². The molecule has 144 valence electrons. The SMILES string of the molecule is CCNS(=O)(=O)c1ccc(/C=C/C(=O)NC(C)C(=O)NC(C)(C)C)cc1. The smallest absolute Gasteiger partial charge is 0.244 e. The van der Waals surface area contributed by atoms with Crippen LogP contribution in [0.2, 0.25) is 0 Å². The topological polar surface area (TPSA) is 104 Å². The zero-order valence-corrected chi connectivity index (χ0v) is 16.6. The van der Waals surface area contributed by atoms with Crippen molar-refractivity contribution in [2.24, 2.45) is 0 Å². The van der Waals surface area contributed by atoms with E-state index in [0.29, 0.717) is 12.1 Å². The van der Waals surface area contributed by atoms with Crippen LogP contribution in [0, 0.1) is 0 Å². The third-order valence-electron chi connectivity index (χ3n) is 3.20. The standard InChI is InChI=1S/C18H27N3O4S/c1-6-19-26(24,25)15-10-7-14(8-11-15)9-12-16(22)20-13(2)17(23)21-18(3,4)5/h7-13,19H,6H2,1-5H3,(H,20,22)(H,21,23)/b12-9+. The predicted octanol–water partition coefficient (Wildman–Crippen LogP) is 1.42. The van der Waals surface area contributed by atoms with Gasteiger partial charge in [0.25, 0.3) is 0 Å². The average molecular weight is 381 g/mol. The molecular weight excluding hydrogens is 354 g/mol. The molecule has 0 heterocycles. The van der Waals surface area contributed by atoms with Crippen LogP contribution in [0.5, 0.6) is 0 Å². The number of hydrogen-bond donors (Lipinski definition) is 3. The quantitative estimate of drug-likeness (QED) is 0.621. The van der Waals surface area contributed by atoms with Gasteiger partial charge in [-0.3, -0.25) is 9.59 Å². The lowest BCUT2D eigenvalue weighted by Crippen LogP contribution is -2.50. The highest BCUT2D eigenvalue weighted by Crippen LogP contribution is 2.11. The van der Waals surface area contributed by atoms with Crippen LogP contribution >= 0.6 is 0 Å². The fourth-order valence-electron chi connectivity index (χ4n) is 2.01. The van der Waals surface area contributed by atoms with Crippen LogP contribution in [0.3, 0.4) is 0 Å². The van der Waals surface area contributed by atoms with Crippen LogP contribution in [-0.4, -0.2) is 38.4 Å². The highest BCUT2D eigenvalue weighted by molar-refractivity contribution is 7.89. The van der Waals surface area contributed by atoms with Gasteiger partial charge < -0.3 is 10.6 Å². The Bertz CT molecular complexity index is 763. The molecule has 0 saturated carbocycles. The van der Waals surface area contributed by atoms with Gasteiger partial charge in [0.15, 0.2) is 0 Å². The Labute approximate surface area is 155 Å². The van der Waals surface area contributed by atoms with Crippen LogP contribution in [0.15, 0.2) is 35.2 Å². The maximum atomic E-state index is 11.9. The molecule has 26 heavy (non-hydrogen) atoms. The molecule has 8 heteroatoms. The first kappa shape index (κ1) is 21.9. The van der Waals surface area contributed by atoms with E-state index in [1.54, 1.807) is 32.1 Å². The zero-order valence-electron chi connectivity index (χ0n) is 15.8. The van der Waals surface area contributed by atoms with Crippen molar-refractivity contribution in [2.75, 3.05) is 6.54 Å². The van der Waals surface area contributed by atoms with Gasteiger partial charge in [-0.15, -0.1) is 0 Å². The van der Waals surface area contributed by atoms with Crippen molar-refractivity contribution in [3.8, 4) is 0 Å². The highest BCUT2D eigenvalue weighted by Gasteiger charge is 2.19. The maximum Gasteiger partial charge on any atom is 0.244 e. The maximum absolute atomic E-state index is 11.9. The normalized spacial score (nSPS) is 13.4. The molecule has 0 aromatic heterocycles. The fourth-order valence-corrected chi connectivity index (χ4v) is 3.05. The van der Waals surface area contributed by atoms with Crippen molar-refractivity contribution in [2.45, 2.75) is 51.1 Å². The van der Waals surface area contributed by atoms with Crippen molar-refractivity contribution >= 4 is 27.9 Å². The Morgan fingerprint density at radius 1 is 1.15 bits per heavy atom. The van der Waals surface area contributed by atoms with Gasteiger partial charge in [-0.2, -0.15) is 0 Å². The summed E-state index contributed by atoms with van der Waals surface area (Å²) in [5.74, 6) is -0.678. The summed E-state index contributed by atoms with van der Waals surface area (Å²) in [4.78, 5) is 24.0. The number of nitrogens with one attached hydrogen (secondary N) is 3. The molecule has 0 saturated heterocycles. The fraction of sp³-hybridized carbons (Fsp3) is 0.444. The first-order chi connectivity index (χ1) is 11.9. The van der Waals surface area contributed by atoms with Crippen molar-refractivity contribution in [1.82, 2.24) is 15.4 Å². The summed E-state index contributed by atoms with van der Waals surface area (Å²) >= 11 is 0. The monoisotopic (exact) mass is 381 g/mol. The average Bonchev–Trinajstić information content (AvgIpc) is 2.51. The number of sulfonamides is 1. The van der Waals surface area contributed by atoms with Crippen LogP contribution in [-0.2, 0) is 19.6 Å². The van der Waals surface area contributed by atoms with Gasteiger partial charge in [0.2, 0.25) is 21.8 Å². The van der Waals surface area contributed by atoms with Gasteiger partial charge in [0.1, 0.15) is 6.04 Å². The van der Waals surface area contributed by atoms with E-state index >= 15 is 0 Å².